The molecule has 1 aliphatic heterocycles. The third kappa shape index (κ3) is 2.34. The van der Waals surface area contributed by atoms with Crippen molar-refractivity contribution in [3.05, 3.63) is 51.9 Å². The largest absolute Gasteiger partial charge is 0.501 e. The minimum atomic E-state index is -0.518. The van der Waals surface area contributed by atoms with Crippen LogP contribution in [0.2, 0.25) is 0 Å². The molecule has 3 rings (SSSR count). The summed E-state index contributed by atoms with van der Waals surface area (Å²) in [5.41, 5.74) is 0.529. The number of aromatic nitrogens is 2. The van der Waals surface area contributed by atoms with Gasteiger partial charge in [0.25, 0.3) is 5.91 Å². The van der Waals surface area contributed by atoms with Crippen molar-refractivity contribution in [2.24, 2.45) is 0 Å². The van der Waals surface area contributed by atoms with E-state index in [1.807, 2.05) is 51.1 Å². The van der Waals surface area contributed by atoms with Crippen molar-refractivity contribution in [1.82, 2.24) is 14.3 Å². The summed E-state index contributed by atoms with van der Waals surface area (Å²) in [7, 11) is 0. The van der Waals surface area contributed by atoms with E-state index in [1.165, 1.54) is 4.68 Å². The fourth-order valence-electron chi connectivity index (χ4n) is 3.17. The Bertz CT molecular complexity index is 789. The van der Waals surface area contributed by atoms with E-state index in [4.69, 9.17) is 0 Å². The second kappa shape index (κ2) is 5.61. The molecule has 23 heavy (non-hydrogen) atoms. The Morgan fingerprint density at radius 3 is 2.30 bits per heavy atom. The number of carbonyl (C=O) groups is 1. The van der Waals surface area contributed by atoms with E-state index >= 15 is 0 Å². The fraction of sp³-hybridized carbons (Fsp3) is 0.412. The van der Waals surface area contributed by atoms with Crippen LogP contribution in [-0.2, 0) is 6.54 Å². The minimum absolute atomic E-state index is 0.0284. The van der Waals surface area contributed by atoms with Crippen LogP contribution in [0.1, 0.15) is 42.9 Å². The Hall–Kier alpha value is -2.50. The highest BCUT2D eigenvalue weighted by atomic mass is 16.3. The van der Waals surface area contributed by atoms with Gasteiger partial charge >= 0.3 is 5.56 Å². The molecule has 0 saturated heterocycles. The predicted octanol–water partition coefficient (Wildman–Crippen LogP) is 1.83. The van der Waals surface area contributed by atoms with E-state index in [-0.39, 0.29) is 23.7 Å². The molecule has 1 atom stereocenters. The van der Waals surface area contributed by atoms with Gasteiger partial charge in [0.2, 0.25) is 5.75 Å². The number of fused-ring (bicyclic) bond motifs is 1. The SMILES string of the molecule is CC(C)N1CCn2c(c(O)c(=O)n2C(C)c2ccccc2)C1=O. The summed E-state index contributed by atoms with van der Waals surface area (Å²) in [6.07, 6.45) is 0. The first-order valence-corrected chi connectivity index (χ1v) is 7.83. The van der Waals surface area contributed by atoms with Crippen molar-refractivity contribution >= 4 is 5.91 Å². The summed E-state index contributed by atoms with van der Waals surface area (Å²) >= 11 is 0. The molecule has 6 nitrogen and oxygen atoms in total. The third-order valence-electron chi connectivity index (χ3n) is 4.44. The van der Waals surface area contributed by atoms with Crippen LogP contribution in [0, 0.1) is 0 Å². The van der Waals surface area contributed by atoms with Crippen molar-refractivity contribution in [3.8, 4) is 5.75 Å². The maximum absolute atomic E-state index is 12.6. The Balaban J connectivity index is 2.12. The Labute approximate surface area is 134 Å². The van der Waals surface area contributed by atoms with E-state index in [1.54, 1.807) is 9.58 Å². The highest BCUT2D eigenvalue weighted by Gasteiger charge is 2.34. The molecular weight excluding hydrogens is 294 g/mol. The number of carbonyl (C=O) groups excluding carboxylic acids is 1. The number of rotatable bonds is 3. The number of benzene rings is 1. The van der Waals surface area contributed by atoms with E-state index in [0.717, 1.165) is 5.56 Å². The normalized spacial score (nSPS) is 15.8. The third-order valence-corrected chi connectivity index (χ3v) is 4.44. The topological polar surface area (TPSA) is 67.5 Å². The lowest BCUT2D eigenvalue weighted by Gasteiger charge is -2.32. The molecule has 6 heteroatoms. The molecule has 0 saturated carbocycles. The van der Waals surface area contributed by atoms with Crippen LogP contribution in [0.3, 0.4) is 0 Å². The van der Waals surface area contributed by atoms with Gasteiger partial charge in [0.15, 0.2) is 5.69 Å². The molecular formula is C17H21N3O3. The Kier molecular flexibility index (Phi) is 3.75. The number of amides is 1. The average Bonchev–Trinajstić information content (AvgIpc) is 2.79. The second-order valence-corrected chi connectivity index (χ2v) is 6.15. The number of nitrogens with zero attached hydrogens (tertiary/aromatic N) is 3. The number of hydrogen-bond acceptors (Lipinski definition) is 3. The van der Waals surface area contributed by atoms with Gasteiger partial charge in [-0.2, -0.15) is 0 Å². The van der Waals surface area contributed by atoms with E-state index in [2.05, 4.69) is 0 Å². The molecule has 0 spiro atoms. The van der Waals surface area contributed by atoms with Crippen LogP contribution in [0.15, 0.2) is 35.1 Å². The van der Waals surface area contributed by atoms with Crippen molar-refractivity contribution in [2.45, 2.75) is 39.4 Å². The van der Waals surface area contributed by atoms with Gasteiger partial charge in [0, 0.05) is 12.6 Å². The van der Waals surface area contributed by atoms with E-state index < -0.39 is 11.3 Å². The standard InChI is InChI=1S/C17H21N3O3/c1-11(2)18-9-10-19-14(16(18)22)15(21)17(23)20(19)12(3)13-7-5-4-6-8-13/h4-8,11-12,21H,9-10H2,1-3H3. The maximum Gasteiger partial charge on any atom is 0.310 e. The lowest BCUT2D eigenvalue weighted by Crippen LogP contribution is -2.45. The zero-order chi connectivity index (χ0) is 16.7. The second-order valence-electron chi connectivity index (χ2n) is 6.15. The minimum Gasteiger partial charge on any atom is -0.501 e. The first-order valence-electron chi connectivity index (χ1n) is 7.83. The molecule has 1 aromatic carbocycles. The van der Waals surface area contributed by atoms with Crippen molar-refractivity contribution in [3.63, 3.8) is 0 Å². The fourth-order valence-corrected chi connectivity index (χ4v) is 3.17. The molecule has 0 fully saturated rings. The highest BCUT2D eigenvalue weighted by molar-refractivity contribution is 5.95. The monoisotopic (exact) mass is 315 g/mol. The van der Waals surface area contributed by atoms with Gasteiger partial charge < -0.3 is 10.0 Å². The summed E-state index contributed by atoms with van der Waals surface area (Å²) in [6.45, 7) is 6.76. The molecule has 1 aromatic heterocycles. The van der Waals surface area contributed by atoms with E-state index in [9.17, 15) is 14.7 Å². The molecule has 1 N–H and O–H groups in total. The molecule has 0 radical (unpaired) electrons. The lowest BCUT2D eigenvalue weighted by atomic mass is 10.1. The quantitative estimate of drug-likeness (QED) is 0.939. The average molecular weight is 315 g/mol. The Morgan fingerprint density at radius 2 is 1.70 bits per heavy atom. The van der Waals surface area contributed by atoms with Gasteiger partial charge in [-0.25, -0.2) is 4.68 Å². The summed E-state index contributed by atoms with van der Waals surface area (Å²) in [6, 6.07) is 9.35. The van der Waals surface area contributed by atoms with Gasteiger partial charge in [-0.15, -0.1) is 0 Å². The van der Waals surface area contributed by atoms with Gasteiger partial charge in [0.1, 0.15) is 0 Å². The van der Waals surface area contributed by atoms with Crippen LogP contribution < -0.4 is 5.56 Å². The van der Waals surface area contributed by atoms with Crippen LogP contribution in [0.25, 0.3) is 0 Å². The van der Waals surface area contributed by atoms with Crippen LogP contribution in [-0.4, -0.2) is 37.9 Å². The van der Waals surface area contributed by atoms with Crippen molar-refractivity contribution in [1.29, 1.82) is 0 Å². The number of aromatic hydroxyl groups is 1. The first-order chi connectivity index (χ1) is 10.9. The van der Waals surface area contributed by atoms with E-state index in [0.29, 0.717) is 13.1 Å². The molecule has 1 unspecified atom stereocenters. The molecule has 1 aliphatic rings. The summed E-state index contributed by atoms with van der Waals surface area (Å²) < 4.78 is 3.10. The van der Waals surface area contributed by atoms with Crippen LogP contribution >= 0.6 is 0 Å². The molecule has 122 valence electrons. The van der Waals surface area contributed by atoms with Gasteiger partial charge in [0.05, 0.1) is 12.6 Å². The zero-order valence-electron chi connectivity index (χ0n) is 13.6. The zero-order valence-corrected chi connectivity index (χ0v) is 13.6. The van der Waals surface area contributed by atoms with Crippen LogP contribution in [0.4, 0.5) is 0 Å². The van der Waals surface area contributed by atoms with Crippen LogP contribution in [0.5, 0.6) is 5.75 Å². The number of hydrogen-bond donors (Lipinski definition) is 1. The van der Waals surface area contributed by atoms with Gasteiger partial charge in [-0.05, 0) is 26.3 Å². The molecule has 2 heterocycles. The smallest absolute Gasteiger partial charge is 0.310 e. The molecule has 0 aliphatic carbocycles. The van der Waals surface area contributed by atoms with Crippen molar-refractivity contribution in [2.75, 3.05) is 6.54 Å². The highest BCUT2D eigenvalue weighted by Crippen LogP contribution is 2.25. The first kappa shape index (κ1) is 15.4. The van der Waals surface area contributed by atoms with Gasteiger partial charge in [-0.1, -0.05) is 30.3 Å². The molecule has 2 aromatic rings. The summed E-state index contributed by atoms with van der Waals surface area (Å²) in [5, 5.41) is 10.2. The van der Waals surface area contributed by atoms with Gasteiger partial charge in [-0.3, -0.25) is 14.3 Å². The molecule has 0 bridgehead atoms. The van der Waals surface area contributed by atoms with Crippen molar-refractivity contribution < 1.29 is 9.90 Å². The lowest BCUT2D eigenvalue weighted by molar-refractivity contribution is 0.0626. The maximum atomic E-state index is 12.6. The Morgan fingerprint density at radius 1 is 1.04 bits per heavy atom. The summed E-state index contributed by atoms with van der Waals surface area (Å²) in [5.74, 6) is -0.747. The summed E-state index contributed by atoms with van der Waals surface area (Å²) in [4.78, 5) is 26.8. The predicted molar refractivity (Wildman–Crippen MR) is 86.8 cm³/mol. The molecule has 1 amide bonds.